The van der Waals surface area contributed by atoms with E-state index in [4.69, 9.17) is 9.47 Å². The summed E-state index contributed by atoms with van der Waals surface area (Å²) in [5, 5.41) is 3.54. The van der Waals surface area contributed by atoms with E-state index in [1.807, 2.05) is 24.3 Å². The molecule has 1 aromatic carbocycles. The molecule has 0 saturated carbocycles. The van der Waals surface area contributed by atoms with Crippen molar-refractivity contribution >= 4 is 15.9 Å². The minimum absolute atomic E-state index is 0.159. The average Bonchev–Trinajstić information content (AvgIpc) is 2.40. The Bertz CT molecular complexity index is 367. The molecule has 1 heterocycles. The summed E-state index contributed by atoms with van der Waals surface area (Å²) in [5.74, 6) is 0.902. The number of nitrogens with one attached hydrogen (secondary N) is 1. The normalized spacial score (nSPS) is 18.6. The first-order valence-electron chi connectivity index (χ1n) is 6.48. The van der Waals surface area contributed by atoms with Crippen molar-refractivity contribution in [3.8, 4) is 5.75 Å². The number of para-hydroxylation sites is 1. The molecule has 1 aliphatic rings. The lowest BCUT2D eigenvalue weighted by Crippen LogP contribution is -2.40. The van der Waals surface area contributed by atoms with Crippen molar-refractivity contribution in [2.24, 2.45) is 0 Å². The highest BCUT2D eigenvalue weighted by Gasteiger charge is 2.14. The smallest absolute Gasteiger partial charge is 0.133 e. The Morgan fingerprint density at radius 1 is 1.39 bits per heavy atom. The maximum absolute atomic E-state index is 5.90. The highest BCUT2D eigenvalue weighted by Crippen LogP contribution is 2.24. The Morgan fingerprint density at radius 2 is 2.11 bits per heavy atom. The van der Waals surface area contributed by atoms with Crippen LogP contribution >= 0.6 is 15.9 Å². The van der Waals surface area contributed by atoms with Crippen LogP contribution in [0.2, 0.25) is 0 Å². The third-order valence-electron chi connectivity index (χ3n) is 3.08. The van der Waals surface area contributed by atoms with E-state index in [0.717, 1.165) is 42.8 Å². The van der Waals surface area contributed by atoms with Gasteiger partial charge in [-0.15, -0.1) is 0 Å². The van der Waals surface area contributed by atoms with Gasteiger partial charge in [0.15, 0.2) is 0 Å². The lowest BCUT2D eigenvalue weighted by atomic mass is 10.1. The monoisotopic (exact) mass is 313 g/mol. The number of halogens is 1. The number of hydrogen-bond donors (Lipinski definition) is 1. The molecule has 2 rings (SSSR count). The van der Waals surface area contributed by atoms with Gasteiger partial charge < -0.3 is 14.8 Å². The average molecular weight is 314 g/mol. The summed E-state index contributed by atoms with van der Waals surface area (Å²) >= 11 is 3.49. The molecule has 1 aromatic rings. The minimum atomic E-state index is 0.159. The molecule has 0 unspecified atom stereocenters. The Kier molecular flexibility index (Phi) is 5.47. The fraction of sp³-hybridized carbons (Fsp3) is 0.571. The molecule has 3 nitrogen and oxygen atoms in total. The maximum atomic E-state index is 5.90. The zero-order valence-corrected chi connectivity index (χ0v) is 12.3. The molecule has 0 spiro atoms. The van der Waals surface area contributed by atoms with Crippen LogP contribution in [0.3, 0.4) is 0 Å². The van der Waals surface area contributed by atoms with E-state index >= 15 is 0 Å². The summed E-state index contributed by atoms with van der Waals surface area (Å²) in [6, 6.07) is 8.52. The lowest BCUT2D eigenvalue weighted by molar-refractivity contribution is 0.0746. The fourth-order valence-corrected chi connectivity index (χ4v) is 2.41. The van der Waals surface area contributed by atoms with E-state index in [0.29, 0.717) is 6.04 Å². The van der Waals surface area contributed by atoms with Gasteiger partial charge in [-0.1, -0.05) is 12.1 Å². The first kappa shape index (κ1) is 13.8. The highest BCUT2D eigenvalue weighted by atomic mass is 79.9. The third-order valence-corrected chi connectivity index (χ3v) is 3.74. The van der Waals surface area contributed by atoms with Gasteiger partial charge in [-0.05, 0) is 47.8 Å². The summed E-state index contributed by atoms with van der Waals surface area (Å²) < 4.78 is 12.2. The van der Waals surface area contributed by atoms with Crippen LogP contribution in [0.15, 0.2) is 28.7 Å². The van der Waals surface area contributed by atoms with Gasteiger partial charge >= 0.3 is 0 Å². The van der Waals surface area contributed by atoms with Gasteiger partial charge in [-0.2, -0.15) is 0 Å². The summed E-state index contributed by atoms with van der Waals surface area (Å²) in [4.78, 5) is 0. The Hall–Kier alpha value is -0.580. The van der Waals surface area contributed by atoms with Crippen molar-refractivity contribution in [3.63, 3.8) is 0 Å². The quantitative estimate of drug-likeness (QED) is 0.906. The van der Waals surface area contributed by atoms with Gasteiger partial charge in [0.2, 0.25) is 0 Å². The molecule has 1 N–H and O–H groups in total. The molecule has 18 heavy (non-hydrogen) atoms. The standard InChI is InChI=1S/C14H20BrNO2/c1-11(10-16-12-6-8-17-9-7-12)18-14-5-3-2-4-13(14)15/h2-5,11-12,16H,6-10H2,1H3/t11-/m1/s1. The number of ether oxygens (including phenoxy) is 2. The second-order valence-electron chi connectivity index (χ2n) is 4.65. The van der Waals surface area contributed by atoms with E-state index in [-0.39, 0.29) is 6.10 Å². The van der Waals surface area contributed by atoms with Gasteiger partial charge in [0, 0.05) is 25.8 Å². The zero-order valence-electron chi connectivity index (χ0n) is 10.7. The lowest BCUT2D eigenvalue weighted by Gasteiger charge is -2.25. The van der Waals surface area contributed by atoms with Crippen LogP contribution in [0.25, 0.3) is 0 Å². The molecular weight excluding hydrogens is 294 g/mol. The van der Waals surface area contributed by atoms with Crippen molar-refractivity contribution in [1.29, 1.82) is 0 Å². The SMILES string of the molecule is C[C@H](CNC1CCOCC1)Oc1ccccc1Br. The summed E-state index contributed by atoms with van der Waals surface area (Å²) in [7, 11) is 0. The maximum Gasteiger partial charge on any atom is 0.133 e. The van der Waals surface area contributed by atoms with Crippen molar-refractivity contribution in [1.82, 2.24) is 5.32 Å². The number of benzene rings is 1. The molecule has 4 heteroatoms. The van der Waals surface area contributed by atoms with E-state index in [1.165, 1.54) is 0 Å². The molecule has 0 aromatic heterocycles. The van der Waals surface area contributed by atoms with E-state index in [1.54, 1.807) is 0 Å². The van der Waals surface area contributed by atoms with Gasteiger partial charge in [0.25, 0.3) is 0 Å². The molecule has 0 radical (unpaired) electrons. The molecule has 1 saturated heterocycles. The first-order valence-corrected chi connectivity index (χ1v) is 7.27. The summed E-state index contributed by atoms with van der Waals surface area (Å²) in [6.45, 7) is 4.70. The molecule has 0 aliphatic carbocycles. The van der Waals surface area contributed by atoms with E-state index in [2.05, 4.69) is 28.2 Å². The van der Waals surface area contributed by atoms with E-state index < -0.39 is 0 Å². The Morgan fingerprint density at radius 3 is 2.83 bits per heavy atom. The largest absolute Gasteiger partial charge is 0.488 e. The van der Waals surface area contributed by atoms with Crippen LogP contribution in [0.4, 0.5) is 0 Å². The zero-order chi connectivity index (χ0) is 12.8. The molecular formula is C14H20BrNO2. The van der Waals surface area contributed by atoms with Crippen LogP contribution in [-0.2, 0) is 4.74 Å². The first-order chi connectivity index (χ1) is 8.75. The van der Waals surface area contributed by atoms with Gasteiger partial charge in [-0.3, -0.25) is 0 Å². The molecule has 0 amide bonds. The fourth-order valence-electron chi connectivity index (χ4n) is 2.03. The molecule has 0 bridgehead atoms. The van der Waals surface area contributed by atoms with Crippen molar-refractivity contribution in [2.75, 3.05) is 19.8 Å². The second kappa shape index (κ2) is 7.12. The Balaban J connectivity index is 1.74. The van der Waals surface area contributed by atoms with Crippen molar-refractivity contribution in [3.05, 3.63) is 28.7 Å². The highest BCUT2D eigenvalue weighted by molar-refractivity contribution is 9.10. The van der Waals surface area contributed by atoms with Crippen LogP contribution in [0, 0.1) is 0 Å². The third kappa shape index (κ3) is 4.26. The van der Waals surface area contributed by atoms with Crippen molar-refractivity contribution < 1.29 is 9.47 Å². The van der Waals surface area contributed by atoms with Gasteiger partial charge in [0.1, 0.15) is 11.9 Å². The summed E-state index contributed by atoms with van der Waals surface area (Å²) in [5.41, 5.74) is 0. The predicted octanol–water partition coefficient (Wildman–Crippen LogP) is 2.99. The summed E-state index contributed by atoms with van der Waals surface area (Å²) in [6.07, 6.45) is 2.36. The van der Waals surface area contributed by atoms with Crippen LogP contribution < -0.4 is 10.1 Å². The number of rotatable bonds is 5. The molecule has 1 fully saturated rings. The van der Waals surface area contributed by atoms with Gasteiger partial charge in [0.05, 0.1) is 4.47 Å². The van der Waals surface area contributed by atoms with Crippen LogP contribution in [0.5, 0.6) is 5.75 Å². The topological polar surface area (TPSA) is 30.5 Å². The van der Waals surface area contributed by atoms with Crippen molar-refractivity contribution in [2.45, 2.75) is 31.9 Å². The molecule has 1 atom stereocenters. The second-order valence-corrected chi connectivity index (χ2v) is 5.51. The molecule has 1 aliphatic heterocycles. The van der Waals surface area contributed by atoms with E-state index in [9.17, 15) is 0 Å². The Labute approximate surface area is 117 Å². The van der Waals surface area contributed by atoms with Crippen LogP contribution in [0.1, 0.15) is 19.8 Å². The predicted molar refractivity (Wildman–Crippen MR) is 76.1 cm³/mol. The molecule has 100 valence electrons. The van der Waals surface area contributed by atoms with Gasteiger partial charge in [-0.25, -0.2) is 0 Å². The number of hydrogen-bond acceptors (Lipinski definition) is 3. The van der Waals surface area contributed by atoms with Crippen LogP contribution in [-0.4, -0.2) is 31.9 Å². The minimum Gasteiger partial charge on any atom is -0.488 e.